The molecule has 166 valence electrons. The van der Waals surface area contributed by atoms with Gasteiger partial charge in [0.15, 0.2) is 17.5 Å². The zero-order chi connectivity index (χ0) is 21.5. The topological polar surface area (TPSA) is 63.5 Å². The molecule has 0 amide bonds. The van der Waals surface area contributed by atoms with Crippen LogP contribution in [-0.4, -0.2) is 29.4 Å². The standard InChI is InChI=1S/C23H28FN5O.HI/c1-5-25-23(26-14-18-10-11-22(30-4)20(24)13-18)27-15-19-8-6-7-9-21(19)29-17(3)12-16(2)28-29;/h6-13H,5,14-15H2,1-4H3,(H2,25,26,27);1H. The van der Waals surface area contributed by atoms with Crippen LogP contribution in [0.15, 0.2) is 53.5 Å². The molecule has 1 aromatic heterocycles. The molecule has 8 heteroatoms. The quantitative estimate of drug-likeness (QED) is 0.265. The van der Waals surface area contributed by atoms with Crippen molar-refractivity contribution in [3.63, 3.8) is 0 Å². The second-order valence-electron chi connectivity index (χ2n) is 6.99. The van der Waals surface area contributed by atoms with Gasteiger partial charge in [0.05, 0.1) is 25.0 Å². The first-order valence-electron chi connectivity index (χ1n) is 9.98. The first kappa shape index (κ1) is 24.6. The molecule has 2 aromatic carbocycles. The normalized spacial score (nSPS) is 11.1. The van der Waals surface area contributed by atoms with Crippen molar-refractivity contribution in [2.75, 3.05) is 13.7 Å². The molecular weight excluding hydrogens is 508 g/mol. The fourth-order valence-electron chi connectivity index (χ4n) is 3.24. The van der Waals surface area contributed by atoms with E-state index in [0.29, 0.717) is 19.0 Å². The number of hydrogen-bond acceptors (Lipinski definition) is 3. The van der Waals surface area contributed by atoms with E-state index in [1.807, 2.05) is 43.7 Å². The number of nitrogens with zero attached hydrogens (tertiary/aromatic N) is 3. The summed E-state index contributed by atoms with van der Waals surface area (Å²) in [5.41, 5.74) is 4.97. The lowest BCUT2D eigenvalue weighted by Crippen LogP contribution is -2.37. The van der Waals surface area contributed by atoms with Gasteiger partial charge in [-0.05, 0) is 56.2 Å². The highest BCUT2D eigenvalue weighted by molar-refractivity contribution is 14.0. The number of halogens is 2. The number of hydrogen-bond donors (Lipinski definition) is 2. The fraction of sp³-hybridized carbons (Fsp3) is 0.304. The van der Waals surface area contributed by atoms with Crippen molar-refractivity contribution in [1.82, 2.24) is 20.4 Å². The maximum absolute atomic E-state index is 13.9. The molecule has 0 saturated carbocycles. The van der Waals surface area contributed by atoms with Crippen LogP contribution < -0.4 is 15.4 Å². The lowest BCUT2D eigenvalue weighted by Gasteiger charge is -2.15. The number of ether oxygens (including phenoxy) is 1. The van der Waals surface area contributed by atoms with Gasteiger partial charge in [0, 0.05) is 18.8 Å². The molecular formula is C23H29FIN5O. The third-order valence-corrected chi connectivity index (χ3v) is 4.66. The molecule has 0 aliphatic heterocycles. The van der Waals surface area contributed by atoms with E-state index in [-0.39, 0.29) is 35.5 Å². The van der Waals surface area contributed by atoms with Gasteiger partial charge in [-0.2, -0.15) is 5.10 Å². The third kappa shape index (κ3) is 6.43. The van der Waals surface area contributed by atoms with Crippen molar-refractivity contribution in [3.8, 4) is 11.4 Å². The maximum Gasteiger partial charge on any atom is 0.191 e. The second kappa shape index (κ2) is 11.7. The number of para-hydroxylation sites is 1. The highest BCUT2D eigenvalue weighted by Gasteiger charge is 2.09. The van der Waals surface area contributed by atoms with E-state index in [9.17, 15) is 4.39 Å². The summed E-state index contributed by atoms with van der Waals surface area (Å²) >= 11 is 0. The summed E-state index contributed by atoms with van der Waals surface area (Å²) < 4.78 is 20.8. The molecule has 6 nitrogen and oxygen atoms in total. The summed E-state index contributed by atoms with van der Waals surface area (Å²) in [7, 11) is 1.45. The van der Waals surface area contributed by atoms with Crippen LogP contribution in [0.2, 0.25) is 0 Å². The molecule has 1 heterocycles. The maximum atomic E-state index is 13.9. The predicted octanol–water partition coefficient (Wildman–Crippen LogP) is 4.51. The highest BCUT2D eigenvalue weighted by Crippen LogP contribution is 2.19. The van der Waals surface area contributed by atoms with Gasteiger partial charge in [0.25, 0.3) is 0 Å². The smallest absolute Gasteiger partial charge is 0.191 e. The minimum atomic E-state index is -0.387. The number of aliphatic imine (C=N–C) groups is 1. The number of aryl methyl sites for hydroxylation is 2. The van der Waals surface area contributed by atoms with Crippen LogP contribution in [0.1, 0.15) is 29.4 Å². The van der Waals surface area contributed by atoms with Gasteiger partial charge in [0.1, 0.15) is 0 Å². The number of benzene rings is 2. The molecule has 0 unspecified atom stereocenters. The lowest BCUT2D eigenvalue weighted by atomic mass is 10.1. The van der Waals surface area contributed by atoms with E-state index in [4.69, 9.17) is 4.74 Å². The molecule has 31 heavy (non-hydrogen) atoms. The fourth-order valence-corrected chi connectivity index (χ4v) is 3.24. The number of rotatable bonds is 7. The predicted molar refractivity (Wildman–Crippen MR) is 133 cm³/mol. The van der Waals surface area contributed by atoms with E-state index in [1.54, 1.807) is 6.07 Å². The van der Waals surface area contributed by atoms with Crippen LogP contribution >= 0.6 is 24.0 Å². The third-order valence-electron chi connectivity index (χ3n) is 4.66. The Hall–Kier alpha value is -2.62. The summed E-state index contributed by atoms with van der Waals surface area (Å²) in [4.78, 5) is 4.58. The van der Waals surface area contributed by atoms with Crippen LogP contribution in [0.3, 0.4) is 0 Å². The van der Waals surface area contributed by atoms with E-state index in [0.717, 1.165) is 34.7 Å². The van der Waals surface area contributed by atoms with Crippen molar-refractivity contribution in [2.24, 2.45) is 4.99 Å². The molecule has 0 bridgehead atoms. The SMILES string of the molecule is CCNC(=NCc1ccc(OC)c(F)c1)NCc1ccccc1-n1nc(C)cc1C.I. The van der Waals surface area contributed by atoms with Gasteiger partial charge in [-0.15, -0.1) is 24.0 Å². The van der Waals surface area contributed by atoms with Crippen LogP contribution in [0, 0.1) is 19.7 Å². The molecule has 0 spiro atoms. The summed E-state index contributed by atoms with van der Waals surface area (Å²) in [6, 6.07) is 15.1. The average Bonchev–Trinajstić information content (AvgIpc) is 3.08. The number of aromatic nitrogens is 2. The monoisotopic (exact) mass is 537 g/mol. The largest absolute Gasteiger partial charge is 0.494 e. The van der Waals surface area contributed by atoms with Crippen LogP contribution in [-0.2, 0) is 13.1 Å². The summed E-state index contributed by atoms with van der Waals surface area (Å²) in [6.45, 7) is 7.70. The Bertz CT molecular complexity index is 1030. The van der Waals surface area contributed by atoms with Gasteiger partial charge >= 0.3 is 0 Å². The zero-order valence-corrected chi connectivity index (χ0v) is 20.6. The molecule has 0 atom stereocenters. The van der Waals surface area contributed by atoms with Crippen LogP contribution in [0.5, 0.6) is 5.75 Å². The van der Waals surface area contributed by atoms with Gasteiger partial charge in [-0.25, -0.2) is 14.1 Å². The minimum Gasteiger partial charge on any atom is -0.494 e. The zero-order valence-electron chi connectivity index (χ0n) is 18.3. The van der Waals surface area contributed by atoms with E-state index < -0.39 is 0 Å². The minimum absolute atomic E-state index is 0. The molecule has 0 aliphatic carbocycles. The number of nitrogens with one attached hydrogen (secondary N) is 2. The summed E-state index contributed by atoms with van der Waals surface area (Å²) in [5, 5.41) is 11.2. The summed E-state index contributed by atoms with van der Waals surface area (Å²) in [6.07, 6.45) is 0. The molecule has 3 rings (SSSR count). The van der Waals surface area contributed by atoms with Gasteiger partial charge in [-0.3, -0.25) is 0 Å². The Morgan fingerprint density at radius 2 is 1.90 bits per heavy atom. The Labute approximate surface area is 199 Å². The molecule has 0 radical (unpaired) electrons. The van der Waals surface area contributed by atoms with Gasteiger partial charge < -0.3 is 15.4 Å². The van der Waals surface area contributed by atoms with Crippen molar-refractivity contribution in [2.45, 2.75) is 33.9 Å². The van der Waals surface area contributed by atoms with Gasteiger partial charge in [0.2, 0.25) is 0 Å². The van der Waals surface area contributed by atoms with Crippen LogP contribution in [0.4, 0.5) is 4.39 Å². The van der Waals surface area contributed by atoms with Crippen molar-refractivity contribution in [1.29, 1.82) is 0 Å². The van der Waals surface area contributed by atoms with E-state index in [1.165, 1.54) is 13.2 Å². The van der Waals surface area contributed by atoms with Gasteiger partial charge in [-0.1, -0.05) is 24.3 Å². The number of methoxy groups -OCH3 is 1. The second-order valence-corrected chi connectivity index (χ2v) is 6.99. The molecule has 3 aromatic rings. The van der Waals surface area contributed by atoms with Crippen LogP contribution in [0.25, 0.3) is 5.69 Å². The molecule has 0 saturated heterocycles. The Morgan fingerprint density at radius 3 is 2.55 bits per heavy atom. The van der Waals surface area contributed by atoms with Crippen molar-refractivity contribution >= 4 is 29.9 Å². The molecule has 0 aliphatic rings. The van der Waals surface area contributed by atoms with E-state index >= 15 is 0 Å². The first-order chi connectivity index (χ1) is 14.5. The lowest BCUT2D eigenvalue weighted by molar-refractivity contribution is 0.386. The molecule has 0 fully saturated rings. The Morgan fingerprint density at radius 1 is 1.13 bits per heavy atom. The van der Waals surface area contributed by atoms with Crippen molar-refractivity contribution in [3.05, 3.63) is 76.9 Å². The average molecular weight is 537 g/mol. The number of guanidine groups is 1. The Balaban J connectivity index is 0.00000341. The Kier molecular flexibility index (Phi) is 9.29. The first-order valence-corrected chi connectivity index (χ1v) is 9.98. The highest BCUT2D eigenvalue weighted by atomic mass is 127. The summed E-state index contributed by atoms with van der Waals surface area (Å²) in [5.74, 6) is 0.507. The van der Waals surface area contributed by atoms with E-state index in [2.05, 4.69) is 38.9 Å². The van der Waals surface area contributed by atoms with Crippen molar-refractivity contribution < 1.29 is 9.13 Å². The molecule has 2 N–H and O–H groups in total.